The number of thiazole rings is 1. The van der Waals surface area contributed by atoms with Gasteiger partial charge in [0, 0.05) is 0 Å². The third-order valence-electron chi connectivity index (χ3n) is 6.03. The summed E-state index contributed by atoms with van der Waals surface area (Å²) >= 11 is 1.25. The van der Waals surface area contributed by atoms with E-state index in [4.69, 9.17) is 23.7 Å². The van der Waals surface area contributed by atoms with Crippen LogP contribution in [0.2, 0.25) is 0 Å². The van der Waals surface area contributed by atoms with E-state index in [1.165, 1.54) is 15.9 Å². The topological polar surface area (TPSA) is 97.6 Å². The molecule has 9 nitrogen and oxygen atoms in total. The van der Waals surface area contributed by atoms with Crippen LogP contribution in [0.25, 0.3) is 6.08 Å². The average Bonchev–Trinajstić information content (AvgIpc) is 3.21. The SMILES string of the molecule is CCOC(=O)C1=C(C)N=c2sc(=Cc3ccc(OC)c(OC)c3)c(=O)n2[C@@H]1c1ccc(OC)c(OCC)c1. The number of carbonyl (C=O) groups excluding carboxylic acids is 1. The molecule has 0 bridgehead atoms. The Bertz CT molecular complexity index is 1570. The minimum absolute atomic E-state index is 0.193. The van der Waals surface area contributed by atoms with Crippen LogP contribution in [-0.2, 0) is 9.53 Å². The molecule has 0 unspecified atom stereocenters. The molecule has 1 aliphatic heterocycles. The minimum atomic E-state index is -0.761. The van der Waals surface area contributed by atoms with Crippen LogP contribution in [-0.4, -0.2) is 45.1 Å². The molecule has 2 heterocycles. The van der Waals surface area contributed by atoms with Gasteiger partial charge in [0.05, 0.1) is 56.4 Å². The number of nitrogens with zero attached hydrogens (tertiary/aromatic N) is 2. The Labute approximate surface area is 224 Å². The molecule has 0 N–H and O–H groups in total. The molecule has 0 saturated carbocycles. The maximum absolute atomic E-state index is 13.8. The van der Waals surface area contributed by atoms with Gasteiger partial charge in [-0.05, 0) is 62.2 Å². The Balaban J connectivity index is 1.94. The molecule has 0 aliphatic carbocycles. The molecule has 1 atom stereocenters. The van der Waals surface area contributed by atoms with Crippen LogP contribution in [0.1, 0.15) is 37.9 Å². The number of hydrogen-bond acceptors (Lipinski definition) is 9. The van der Waals surface area contributed by atoms with Gasteiger partial charge in [-0.15, -0.1) is 0 Å². The highest BCUT2D eigenvalue weighted by atomic mass is 32.1. The van der Waals surface area contributed by atoms with E-state index in [2.05, 4.69) is 4.99 Å². The number of ether oxygens (including phenoxy) is 5. The molecular weight excluding hydrogens is 508 g/mol. The van der Waals surface area contributed by atoms with Crippen molar-refractivity contribution in [2.24, 2.45) is 4.99 Å². The fraction of sp³-hybridized carbons (Fsp3) is 0.321. The summed E-state index contributed by atoms with van der Waals surface area (Å²) in [6, 6.07) is 10.0. The number of allylic oxidation sites excluding steroid dienone is 1. The normalized spacial score (nSPS) is 15.0. The van der Waals surface area contributed by atoms with E-state index in [1.807, 2.05) is 19.1 Å². The number of rotatable bonds is 9. The third-order valence-corrected chi connectivity index (χ3v) is 7.01. The lowest BCUT2D eigenvalue weighted by Gasteiger charge is -2.25. The molecule has 200 valence electrons. The summed E-state index contributed by atoms with van der Waals surface area (Å²) in [5.41, 5.74) is 1.93. The molecule has 0 radical (unpaired) electrons. The first-order valence-electron chi connectivity index (χ1n) is 12.1. The van der Waals surface area contributed by atoms with Crippen LogP contribution >= 0.6 is 11.3 Å². The molecule has 10 heteroatoms. The van der Waals surface area contributed by atoms with E-state index < -0.39 is 12.0 Å². The van der Waals surface area contributed by atoms with Crippen molar-refractivity contribution in [2.75, 3.05) is 34.5 Å². The number of benzene rings is 2. The van der Waals surface area contributed by atoms with Gasteiger partial charge in [-0.1, -0.05) is 23.5 Å². The largest absolute Gasteiger partial charge is 0.493 e. The van der Waals surface area contributed by atoms with Crippen molar-refractivity contribution < 1.29 is 28.5 Å². The highest BCUT2D eigenvalue weighted by Crippen LogP contribution is 2.36. The summed E-state index contributed by atoms with van der Waals surface area (Å²) in [5.74, 6) is 1.67. The fourth-order valence-electron chi connectivity index (χ4n) is 4.33. The lowest BCUT2D eigenvalue weighted by molar-refractivity contribution is -0.139. The number of hydrogen-bond donors (Lipinski definition) is 0. The molecule has 1 aromatic heterocycles. The molecule has 0 saturated heterocycles. The van der Waals surface area contributed by atoms with Crippen molar-refractivity contribution in [3.8, 4) is 23.0 Å². The zero-order valence-electron chi connectivity index (χ0n) is 22.2. The third kappa shape index (κ3) is 5.04. The van der Waals surface area contributed by atoms with E-state index in [0.717, 1.165) is 5.56 Å². The molecule has 38 heavy (non-hydrogen) atoms. The number of methoxy groups -OCH3 is 3. The van der Waals surface area contributed by atoms with E-state index >= 15 is 0 Å². The molecule has 4 rings (SSSR count). The highest BCUT2D eigenvalue weighted by Gasteiger charge is 2.34. The summed E-state index contributed by atoms with van der Waals surface area (Å²) in [4.78, 5) is 32.1. The second-order valence-corrected chi connectivity index (χ2v) is 9.27. The van der Waals surface area contributed by atoms with Gasteiger partial charge in [-0.25, -0.2) is 9.79 Å². The first-order valence-corrected chi connectivity index (χ1v) is 12.9. The quantitative estimate of drug-likeness (QED) is 0.386. The minimum Gasteiger partial charge on any atom is -0.493 e. The molecule has 0 amide bonds. The summed E-state index contributed by atoms with van der Waals surface area (Å²) in [5, 5.41) is 0. The van der Waals surface area contributed by atoms with Crippen molar-refractivity contribution in [1.29, 1.82) is 0 Å². The second-order valence-electron chi connectivity index (χ2n) is 8.26. The van der Waals surface area contributed by atoms with Gasteiger partial charge < -0.3 is 23.7 Å². The van der Waals surface area contributed by atoms with Crippen LogP contribution in [0.4, 0.5) is 0 Å². The van der Waals surface area contributed by atoms with Crippen LogP contribution < -0.4 is 33.8 Å². The maximum atomic E-state index is 13.8. The van der Waals surface area contributed by atoms with Gasteiger partial charge >= 0.3 is 5.97 Å². The Morgan fingerprint density at radius 1 is 0.974 bits per heavy atom. The van der Waals surface area contributed by atoms with E-state index in [0.29, 0.717) is 55.8 Å². The van der Waals surface area contributed by atoms with Gasteiger partial charge in [-0.3, -0.25) is 9.36 Å². The maximum Gasteiger partial charge on any atom is 0.338 e. The lowest BCUT2D eigenvalue weighted by atomic mass is 9.95. The molecule has 2 aromatic carbocycles. The van der Waals surface area contributed by atoms with E-state index in [-0.39, 0.29) is 12.2 Å². The smallest absolute Gasteiger partial charge is 0.338 e. The van der Waals surface area contributed by atoms with Crippen molar-refractivity contribution in [3.63, 3.8) is 0 Å². The number of aromatic nitrogens is 1. The highest BCUT2D eigenvalue weighted by molar-refractivity contribution is 7.07. The van der Waals surface area contributed by atoms with Crippen molar-refractivity contribution in [1.82, 2.24) is 4.57 Å². The predicted octanol–water partition coefficient (Wildman–Crippen LogP) is 3.22. The standard InChI is InChI=1S/C28H30N2O7S/c1-7-36-22-15-18(10-12-20(22)34-5)25-24(27(32)37-8-2)16(3)29-28-30(25)26(31)23(38-28)14-17-9-11-19(33-4)21(13-17)35-6/h9-15,25H,7-8H2,1-6H3/t25-/m1/s1. The Kier molecular flexibility index (Phi) is 8.21. The molecular formula is C28H30N2O7S. The van der Waals surface area contributed by atoms with Gasteiger partial charge in [0.2, 0.25) is 0 Å². The molecule has 0 fully saturated rings. The van der Waals surface area contributed by atoms with Crippen molar-refractivity contribution >= 4 is 23.4 Å². The summed E-state index contributed by atoms with van der Waals surface area (Å²) < 4.78 is 29.3. The van der Waals surface area contributed by atoms with Gasteiger partial charge in [0.25, 0.3) is 5.56 Å². The van der Waals surface area contributed by atoms with Crippen LogP contribution in [0.5, 0.6) is 23.0 Å². The fourth-order valence-corrected chi connectivity index (χ4v) is 5.38. The van der Waals surface area contributed by atoms with E-state index in [1.54, 1.807) is 65.5 Å². The Hall–Kier alpha value is -4.05. The van der Waals surface area contributed by atoms with Crippen molar-refractivity contribution in [2.45, 2.75) is 26.8 Å². The average molecular weight is 539 g/mol. The second kappa shape index (κ2) is 11.6. The number of carbonyl (C=O) groups is 1. The van der Waals surface area contributed by atoms with Gasteiger partial charge in [0.15, 0.2) is 27.8 Å². The summed E-state index contributed by atoms with van der Waals surface area (Å²) in [6.07, 6.45) is 1.77. The molecule has 0 spiro atoms. The van der Waals surface area contributed by atoms with Crippen LogP contribution in [0.3, 0.4) is 0 Å². The van der Waals surface area contributed by atoms with E-state index in [9.17, 15) is 9.59 Å². The number of fused-ring (bicyclic) bond motifs is 1. The molecule has 3 aromatic rings. The number of esters is 1. The molecule has 1 aliphatic rings. The first-order chi connectivity index (χ1) is 18.4. The van der Waals surface area contributed by atoms with Crippen LogP contribution in [0.15, 0.2) is 57.5 Å². The van der Waals surface area contributed by atoms with Crippen molar-refractivity contribution in [3.05, 3.63) is 78.5 Å². The predicted molar refractivity (Wildman–Crippen MR) is 144 cm³/mol. The van der Waals surface area contributed by atoms with Gasteiger partial charge in [0.1, 0.15) is 0 Å². The Morgan fingerprint density at radius 3 is 2.32 bits per heavy atom. The zero-order chi connectivity index (χ0) is 27.4. The Morgan fingerprint density at radius 2 is 1.66 bits per heavy atom. The summed E-state index contributed by atoms with van der Waals surface area (Å²) in [7, 11) is 4.68. The monoisotopic (exact) mass is 538 g/mol. The summed E-state index contributed by atoms with van der Waals surface area (Å²) in [6.45, 7) is 5.98. The van der Waals surface area contributed by atoms with Crippen LogP contribution in [0, 0.1) is 0 Å². The first kappa shape index (κ1) is 27.0. The zero-order valence-corrected chi connectivity index (χ0v) is 23.0. The lowest BCUT2D eigenvalue weighted by Crippen LogP contribution is -2.40. The van der Waals surface area contributed by atoms with Gasteiger partial charge in [-0.2, -0.15) is 0 Å².